The van der Waals surface area contributed by atoms with E-state index >= 15 is 0 Å². The van der Waals surface area contributed by atoms with Crippen LogP contribution in [0.4, 0.5) is 27.8 Å². The van der Waals surface area contributed by atoms with Crippen molar-refractivity contribution in [3.63, 3.8) is 0 Å². The van der Waals surface area contributed by atoms with Crippen molar-refractivity contribution in [2.24, 2.45) is 0 Å². The predicted octanol–water partition coefficient (Wildman–Crippen LogP) is 4.10. The molecule has 3 rings (SSSR count). The molecule has 22 heavy (non-hydrogen) atoms. The lowest BCUT2D eigenvalue weighted by Crippen LogP contribution is -2.13. The lowest BCUT2D eigenvalue weighted by molar-refractivity contribution is 0.210. The van der Waals surface area contributed by atoms with Crippen molar-refractivity contribution in [1.82, 2.24) is 9.97 Å². The Hall–Kier alpha value is -2.93. The zero-order valence-corrected chi connectivity index (χ0v) is 12.2. The van der Waals surface area contributed by atoms with Crippen molar-refractivity contribution in [3.8, 4) is 0 Å². The third-order valence-electron chi connectivity index (χ3n) is 2.87. The molecule has 0 saturated carbocycles. The van der Waals surface area contributed by atoms with Crippen molar-refractivity contribution in [2.45, 2.75) is 0 Å². The van der Waals surface area contributed by atoms with E-state index in [0.29, 0.717) is 11.6 Å². The monoisotopic (exact) mass is 312 g/mol. The van der Waals surface area contributed by atoms with Crippen molar-refractivity contribution in [2.75, 3.05) is 10.2 Å². The molecule has 2 N–H and O–H groups in total. The highest BCUT2D eigenvalue weighted by Gasteiger charge is 2.15. The van der Waals surface area contributed by atoms with Gasteiger partial charge in [-0.2, -0.15) is 11.3 Å². The van der Waals surface area contributed by atoms with E-state index in [4.69, 9.17) is 5.11 Å². The molecule has 0 aliphatic heterocycles. The van der Waals surface area contributed by atoms with Crippen molar-refractivity contribution >= 4 is 40.4 Å². The highest BCUT2D eigenvalue weighted by Crippen LogP contribution is 2.34. The van der Waals surface area contributed by atoms with Gasteiger partial charge in [0.15, 0.2) is 0 Å². The van der Waals surface area contributed by atoms with E-state index in [1.54, 1.807) is 48.0 Å². The molecule has 1 aromatic carbocycles. The Bertz CT molecular complexity index is 762. The molecular weight excluding hydrogens is 300 g/mol. The van der Waals surface area contributed by atoms with Crippen LogP contribution < -0.4 is 10.2 Å². The molecule has 110 valence electrons. The van der Waals surface area contributed by atoms with Gasteiger partial charge in [0.1, 0.15) is 0 Å². The van der Waals surface area contributed by atoms with Gasteiger partial charge in [0, 0.05) is 23.5 Å². The summed E-state index contributed by atoms with van der Waals surface area (Å²) in [7, 11) is 0. The second kappa shape index (κ2) is 6.23. The molecule has 1 amide bonds. The largest absolute Gasteiger partial charge is 0.465 e. The molecule has 0 aliphatic carbocycles. The number of anilines is 4. The second-order valence-corrected chi connectivity index (χ2v) is 5.13. The van der Waals surface area contributed by atoms with Gasteiger partial charge in [0.05, 0.1) is 11.4 Å². The van der Waals surface area contributed by atoms with E-state index in [2.05, 4.69) is 15.3 Å². The average molecular weight is 312 g/mol. The number of thiophene rings is 1. The minimum atomic E-state index is -1.10. The van der Waals surface area contributed by atoms with Crippen LogP contribution in [-0.2, 0) is 0 Å². The molecule has 0 aliphatic rings. The zero-order valence-electron chi connectivity index (χ0n) is 11.4. The number of nitrogens with one attached hydrogen (secondary N) is 1. The Morgan fingerprint density at radius 1 is 1.14 bits per heavy atom. The van der Waals surface area contributed by atoms with Gasteiger partial charge in [-0.05, 0) is 35.7 Å². The second-order valence-electron chi connectivity index (χ2n) is 4.35. The molecule has 0 atom stereocenters. The quantitative estimate of drug-likeness (QED) is 0.758. The summed E-state index contributed by atoms with van der Waals surface area (Å²) >= 11 is 1.57. The number of rotatable bonds is 4. The molecule has 0 spiro atoms. The third-order valence-corrected chi connectivity index (χ3v) is 3.54. The highest BCUT2D eigenvalue weighted by molar-refractivity contribution is 7.08. The van der Waals surface area contributed by atoms with Gasteiger partial charge < -0.3 is 5.11 Å². The van der Waals surface area contributed by atoms with Gasteiger partial charge in [-0.1, -0.05) is 6.07 Å². The highest BCUT2D eigenvalue weighted by atomic mass is 32.1. The fourth-order valence-corrected chi connectivity index (χ4v) is 2.64. The molecule has 2 aromatic heterocycles. The number of hydrogen-bond acceptors (Lipinski definition) is 5. The fourth-order valence-electron chi connectivity index (χ4n) is 2.02. The molecule has 0 unspecified atom stereocenters. The molecule has 0 bridgehead atoms. The summed E-state index contributed by atoms with van der Waals surface area (Å²) in [6.07, 6.45) is 2.23. The van der Waals surface area contributed by atoms with Gasteiger partial charge in [-0.3, -0.25) is 10.2 Å². The SMILES string of the molecule is O=C(O)Nc1cccc(N(c2ccsc2)c2ncccn2)c1. The summed E-state index contributed by atoms with van der Waals surface area (Å²) < 4.78 is 0. The third kappa shape index (κ3) is 3.04. The van der Waals surface area contributed by atoms with E-state index in [1.807, 2.05) is 27.8 Å². The Kier molecular flexibility index (Phi) is 3.97. The van der Waals surface area contributed by atoms with Crippen LogP contribution in [0, 0.1) is 0 Å². The van der Waals surface area contributed by atoms with Crippen LogP contribution in [0.15, 0.2) is 59.6 Å². The molecule has 0 fully saturated rings. The van der Waals surface area contributed by atoms with Crippen molar-refractivity contribution in [3.05, 3.63) is 59.6 Å². The van der Waals surface area contributed by atoms with Gasteiger partial charge in [0.2, 0.25) is 5.95 Å². The van der Waals surface area contributed by atoms with Crippen LogP contribution >= 0.6 is 11.3 Å². The number of amides is 1. The van der Waals surface area contributed by atoms with E-state index < -0.39 is 6.09 Å². The Balaban J connectivity index is 2.05. The number of hydrogen-bond donors (Lipinski definition) is 2. The van der Waals surface area contributed by atoms with Gasteiger partial charge in [-0.25, -0.2) is 14.8 Å². The van der Waals surface area contributed by atoms with E-state index in [0.717, 1.165) is 11.4 Å². The maximum atomic E-state index is 10.8. The van der Waals surface area contributed by atoms with Crippen molar-refractivity contribution < 1.29 is 9.90 Å². The van der Waals surface area contributed by atoms with Crippen LogP contribution in [0.1, 0.15) is 0 Å². The van der Waals surface area contributed by atoms with Gasteiger partial charge >= 0.3 is 6.09 Å². The van der Waals surface area contributed by atoms with Crippen LogP contribution in [0.3, 0.4) is 0 Å². The smallest absolute Gasteiger partial charge is 0.409 e. The molecule has 7 heteroatoms. The lowest BCUT2D eigenvalue weighted by Gasteiger charge is -2.21. The predicted molar refractivity (Wildman–Crippen MR) is 86.2 cm³/mol. The molecule has 0 radical (unpaired) electrons. The van der Waals surface area contributed by atoms with Crippen LogP contribution in [0.25, 0.3) is 0 Å². The first-order valence-electron chi connectivity index (χ1n) is 6.43. The lowest BCUT2D eigenvalue weighted by atomic mass is 10.2. The fraction of sp³-hybridized carbons (Fsp3) is 0. The number of carbonyl (C=O) groups is 1. The number of benzene rings is 1. The molecule has 2 heterocycles. The van der Waals surface area contributed by atoms with E-state index in [9.17, 15) is 4.79 Å². The van der Waals surface area contributed by atoms with Gasteiger partial charge in [-0.15, -0.1) is 0 Å². The van der Waals surface area contributed by atoms with Crippen molar-refractivity contribution in [1.29, 1.82) is 0 Å². The summed E-state index contributed by atoms with van der Waals surface area (Å²) in [5, 5.41) is 15.1. The number of carboxylic acid groups (broad SMARTS) is 1. The Labute approximate surface area is 130 Å². The first-order chi connectivity index (χ1) is 10.7. The number of nitrogens with zero attached hydrogens (tertiary/aromatic N) is 3. The summed E-state index contributed by atoms with van der Waals surface area (Å²) in [6, 6.07) is 10.8. The molecule has 0 saturated heterocycles. The first-order valence-corrected chi connectivity index (χ1v) is 7.38. The minimum absolute atomic E-state index is 0.487. The van der Waals surface area contributed by atoms with E-state index in [-0.39, 0.29) is 0 Å². The normalized spacial score (nSPS) is 10.2. The topological polar surface area (TPSA) is 78.4 Å². The molecular formula is C15H12N4O2S. The van der Waals surface area contributed by atoms with Crippen LogP contribution in [-0.4, -0.2) is 21.2 Å². The summed E-state index contributed by atoms with van der Waals surface area (Å²) in [5.41, 5.74) is 2.18. The minimum Gasteiger partial charge on any atom is -0.465 e. The summed E-state index contributed by atoms with van der Waals surface area (Å²) in [6.45, 7) is 0. The Morgan fingerprint density at radius 3 is 2.64 bits per heavy atom. The maximum absolute atomic E-state index is 10.8. The van der Waals surface area contributed by atoms with Crippen LogP contribution in [0.5, 0.6) is 0 Å². The number of aromatic nitrogens is 2. The maximum Gasteiger partial charge on any atom is 0.409 e. The van der Waals surface area contributed by atoms with Crippen LogP contribution in [0.2, 0.25) is 0 Å². The molecule has 3 aromatic rings. The van der Waals surface area contributed by atoms with E-state index in [1.165, 1.54) is 0 Å². The average Bonchev–Trinajstić information content (AvgIpc) is 3.02. The first kappa shape index (κ1) is 14.0. The van der Waals surface area contributed by atoms with Gasteiger partial charge in [0.25, 0.3) is 0 Å². The zero-order chi connectivity index (χ0) is 15.4. The Morgan fingerprint density at radius 2 is 1.95 bits per heavy atom. The standard InChI is InChI=1S/C15H12N4O2S/c20-15(21)18-11-3-1-4-12(9-11)19(13-5-8-22-10-13)14-16-6-2-7-17-14/h1-10,18H,(H,20,21). The molecule has 6 nitrogen and oxygen atoms in total. The summed E-state index contributed by atoms with van der Waals surface area (Å²) in [5.74, 6) is 0.522. The summed E-state index contributed by atoms with van der Waals surface area (Å²) in [4.78, 5) is 21.2.